The lowest BCUT2D eigenvalue weighted by Gasteiger charge is -1.91. The number of benzene rings is 1. The molecule has 2 unspecified atom stereocenters. The Balaban J connectivity index is 2.20. The van der Waals surface area contributed by atoms with Gasteiger partial charge in [-0.2, -0.15) is 0 Å². The molecule has 1 aromatic carbocycles. The Morgan fingerprint density at radius 3 is 2.67 bits per heavy atom. The molecule has 0 radical (unpaired) electrons. The molecular weight excluding hydrogens is 110 g/mol. The van der Waals surface area contributed by atoms with Crippen LogP contribution in [0.4, 0.5) is 0 Å². The van der Waals surface area contributed by atoms with Crippen molar-refractivity contribution in [1.29, 1.82) is 0 Å². The van der Waals surface area contributed by atoms with E-state index in [-0.39, 0.29) is 0 Å². The lowest BCUT2D eigenvalue weighted by molar-refractivity contribution is 1.08. The second-order valence-electron chi connectivity index (χ2n) is 2.29. The monoisotopic (exact) mass is 120 g/mol. The highest BCUT2D eigenvalue weighted by atomic mass is 15.1. The average Bonchev–Trinajstić information content (AvgIpc) is 2.69. The molecule has 1 aromatic rings. The van der Waals surface area contributed by atoms with E-state index in [0.29, 0.717) is 6.04 Å². The Morgan fingerprint density at radius 2 is 2.11 bits per heavy atom. The van der Waals surface area contributed by atoms with Gasteiger partial charge in [-0.25, -0.2) is 0 Å². The van der Waals surface area contributed by atoms with Gasteiger partial charge >= 0.3 is 0 Å². The summed E-state index contributed by atoms with van der Waals surface area (Å²) in [7, 11) is 0. The van der Waals surface area contributed by atoms with Crippen LogP contribution >= 0.6 is 0 Å². The van der Waals surface area contributed by atoms with E-state index < -0.39 is 0 Å². The summed E-state index contributed by atoms with van der Waals surface area (Å²) in [6.45, 7) is 0.893. The summed E-state index contributed by atoms with van der Waals surface area (Å²) in [5.74, 6) is 0. The molecule has 0 aliphatic carbocycles. The SMILES string of the molecule is [2H]N1CC1c1ccccc1. The van der Waals surface area contributed by atoms with E-state index in [0.717, 1.165) is 6.54 Å². The van der Waals surface area contributed by atoms with Crippen LogP contribution in [0.5, 0.6) is 0 Å². The maximum absolute atomic E-state index is 7.22. The van der Waals surface area contributed by atoms with Crippen LogP contribution in [-0.2, 0) is 0 Å². The molecule has 0 bridgehead atoms. The summed E-state index contributed by atoms with van der Waals surface area (Å²) in [5.41, 5.74) is 1.26. The van der Waals surface area contributed by atoms with Crippen LogP contribution in [0.1, 0.15) is 11.6 Å². The van der Waals surface area contributed by atoms with E-state index in [1.807, 2.05) is 18.2 Å². The molecule has 1 saturated heterocycles. The van der Waals surface area contributed by atoms with Crippen molar-refractivity contribution in [1.82, 2.24) is 5.31 Å². The van der Waals surface area contributed by atoms with E-state index in [2.05, 4.69) is 12.1 Å². The molecule has 1 aliphatic heterocycles. The van der Waals surface area contributed by atoms with Crippen LogP contribution in [0, 0.1) is 0 Å². The van der Waals surface area contributed by atoms with Gasteiger partial charge in [0, 0.05) is 12.6 Å². The molecule has 2 rings (SSSR count). The topological polar surface area (TPSA) is 21.9 Å². The van der Waals surface area contributed by atoms with Gasteiger partial charge in [0.15, 0.2) is 0 Å². The van der Waals surface area contributed by atoms with Gasteiger partial charge in [0.05, 0.1) is 0 Å². The maximum atomic E-state index is 7.22. The van der Waals surface area contributed by atoms with Crippen molar-refractivity contribution in [2.24, 2.45) is 0 Å². The minimum Gasteiger partial charge on any atom is -0.307 e. The molecule has 1 heteroatoms. The Hall–Kier alpha value is -0.820. The Labute approximate surface area is 56.2 Å². The third-order valence-electron chi connectivity index (χ3n) is 1.55. The van der Waals surface area contributed by atoms with Gasteiger partial charge < -0.3 is 5.31 Å². The zero-order valence-electron chi connectivity index (χ0n) is 6.12. The molecule has 0 spiro atoms. The minimum atomic E-state index is 0.376. The fraction of sp³-hybridized carbons (Fsp3) is 0.250. The Bertz CT molecular complexity index is 222. The molecule has 1 nitrogen and oxygen atoms in total. The number of hydrogen-bond donors (Lipinski definition) is 1. The van der Waals surface area contributed by atoms with Crippen molar-refractivity contribution in [3.8, 4) is 0 Å². The minimum absolute atomic E-state index is 0.376. The third kappa shape index (κ3) is 0.958. The van der Waals surface area contributed by atoms with Gasteiger partial charge in [-0.15, -0.1) is 0 Å². The quantitative estimate of drug-likeness (QED) is 0.555. The van der Waals surface area contributed by atoms with Crippen LogP contribution in [0.3, 0.4) is 0 Å². The zero-order chi connectivity index (χ0) is 6.97. The lowest BCUT2D eigenvalue weighted by atomic mass is 10.2. The summed E-state index contributed by atoms with van der Waals surface area (Å²) in [4.78, 5) is 0. The standard InChI is InChI=1S/C8H9N/c1-2-4-7(5-3-1)8-6-9-8/h1-5,8-9H,6H2/i/hD. The first-order valence-electron chi connectivity index (χ1n) is 3.63. The van der Waals surface area contributed by atoms with Crippen LogP contribution in [0.25, 0.3) is 0 Å². The number of rotatable bonds is 1. The molecule has 1 aliphatic rings. The van der Waals surface area contributed by atoms with E-state index in [1.54, 1.807) is 5.31 Å². The largest absolute Gasteiger partial charge is 0.307 e. The summed E-state index contributed by atoms with van der Waals surface area (Å²) in [6, 6.07) is 10.5. The third-order valence-corrected chi connectivity index (χ3v) is 1.55. The predicted molar refractivity (Wildman–Crippen MR) is 37.2 cm³/mol. The van der Waals surface area contributed by atoms with Crippen molar-refractivity contribution >= 4 is 0 Å². The van der Waals surface area contributed by atoms with E-state index >= 15 is 0 Å². The lowest BCUT2D eigenvalue weighted by Crippen LogP contribution is -1.80. The first-order chi connectivity index (χ1) is 4.88. The van der Waals surface area contributed by atoms with E-state index in [9.17, 15) is 0 Å². The highest BCUT2D eigenvalue weighted by Crippen LogP contribution is 2.19. The predicted octanol–water partition coefficient (Wildman–Crippen LogP) is 1.33. The molecular formula is C8H9N. The van der Waals surface area contributed by atoms with Gasteiger partial charge in [0.25, 0.3) is 0 Å². The summed E-state index contributed by atoms with van der Waals surface area (Å²) >= 11 is 0. The van der Waals surface area contributed by atoms with Gasteiger partial charge in [-0.05, 0) is 5.56 Å². The first-order valence-corrected chi connectivity index (χ1v) is 3.18. The molecule has 2 atom stereocenters. The number of hydrogen-bond acceptors (Lipinski definition) is 1. The molecule has 0 saturated carbocycles. The number of nitrogens with one attached hydrogen (secondary N) is 1. The van der Waals surface area contributed by atoms with Crippen LogP contribution < -0.4 is 5.31 Å². The first kappa shape index (κ1) is 4.07. The van der Waals surface area contributed by atoms with Crippen LogP contribution in [0.2, 0.25) is 1.41 Å². The molecule has 0 aromatic heterocycles. The summed E-state index contributed by atoms with van der Waals surface area (Å²) in [6.07, 6.45) is 0. The molecule has 1 heterocycles. The second-order valence-corrected chi connectivity index (χ2v) is 2.29. The second kappa shape index (κ2) is 1.85. The zero-order valence-corrected chi connectivity index (χ0v) is 5.12. The van der Waals surface area contributed by atoms with Gasteiger partial charge in [-0.3, -0.25) is 0 Å². The molecule has 0 amide bonds. The maximum Gasteiger partial charge on any atom is 0.123 e. The van der Waals surface area contributed by atoms with Gasteiger partial charge in [0.2, 0.25) is 0 Å². The van der Waals surface area contributed by atoms with Crippen molar-refractivity contribution in [3.63, 3.8) is 0 Å². The molecule has 9 heavy (non-hydrogen) atoms. The van der Waals surface area contributed by atoms with Crippen LogP contribution in [-0.4, -0.2) is 6.54 Å². The van der Waals surface area contributed by atoms with Gasteiger partial charge in [0.1, 0.15) is 1.41 Å². The summed E-state index contributed by atoms with van der Waals surface area (Å²) in [5, 5.41) is 1.58. The van der Waals surface area contributed by atoms with Crippen LogP contribution in [0.15, 0.2) is 30.3 Å². The smallest absolute Gasteiger partial charge is 0.123 e. The molecule has 46 valence electrons. The van der Waals surface area contributed by atoms with Crippen molar-refractivity contribution in [2.45, 2.75) is 6.04 Å². The highest BCUT2D eigenvalue weighted by Gasteiger charge is 2.20. The van der Waals surface area contributed by atoms with Crippen molar-refractivity contribution in [3.05, 3.63) is 35.9 Å². The average molecular weight is 120 g/mol. The summed E-state index contributed by atoms with van der Waals surface area (Å²) < 4.78 is 7.22. The molecule has 1 fully saturated rings. The van der Waals surface area contributed by atoms with E-state index in [4.69, 9.17) is 1.41 Å². The Morgan fingerprint density at radius 1 is 1.44 bits per heavy atom. The highest BCUT2D eigenvalue weighted by molar-refractivity contribution is 5.22. The van der Waals surface area contributed by atoms with E-state index in [1.165, 1.54) is 5.56 Å². The fourth-order valence-corrected chi connectivity index (χ4v) is 0.939. The van der Waals surface area contributed by atoms with Gasteiger partial charge in [-0.1, -0.05) is 30.3 Å². The van der Waals surface area contributed by atoms with Crippen molar-refractivity contribution in [2.75, 3.05) is 6.54 Å². The normalized spacial score (nSPS) is 33.6. The molecule has 1 N–H and O–H groups in total. The van der Waals surface area contributed by atoms with Crippen molar-refractivity contribution < 1.29 is 1.41 Å². The Kier molecular flexibility index (Phi) is 0.836. The fourth-order valence-electron chi connectivity index (χ4n) is 0.939.